The Morgan fingerprint density at radius 1 is 1.24 bits per heavy atom. The summed E-state index contributed by atoms with van der Waals surface area (Å²) in [6, 6.07) is 11.9. The molecule has 4 nitrogen and oxygen atoms in total. The predicted molar refractivity (Wildman–Crippen MR) is 105 cm³/mol. The van der Waals surface area contributed by atoms with Gasteiger partial charge in [0.1, 0.15) is 0 Å². The van der Waals surface area contributed by atoms with E-state index >= 15 is 0 Å². The Balaban J connectivity index is 1.69. The van der Waals surface area contributed by atoms with Crippen LogP contribution in [0, 0.1) is 0 Å². The van der Waals surface area contributed by atoms with Crippen molar-refractivity contribution in [3.8, 4) is 0 Å². The van der Waals surface area contributed by atoms with Gasteiger partial charge < -0.3 is 16.0 Å². The Hall–Kier alpha value is -1.81. The maximum Gasteiger partial charge on any atom is 0.314 e. The van der Waals surface area contributed by atoms with Crippen LogP contribution < -0.4 is 16.0 Å². The van der Waals surface area contributed by atoms with Gasteiger partial charge in [0.2, 0.25) is 0 Å². The van der Waals surface area contributed by atoms with Gasteiger partial charge in [0.05, 0.1) is 0 Å². The number of nitrogens with one attached hydrogen (secondary N) is 3. The van der Waals surface area contributed by atoms with Gasteiger partial charge in [-0.15, -0.1) is 0 Å². The second kappa shape index (κ2) is 10.2. The van der Waals surface area contributed by atoms with E-state index in [1.165, 1.54) is 30.4 Å². The van der Waals surface area contributed by atoms with E-state index in [4.69, 9.17) is 0 Å². The topological polar surface area (TPSA) is 53.2 Å². The summed E-state index contributed by atoms with van der Waals surface area (Å²) in [5, 5.41) is 9.24. The van der Waals surface area contributed by atoms with Crippen LogP contribution >= 0.6 is 0 Å². The largest absolute Gasteiger partial charge is 0.341 e. The predicted octanol–water partition coefficient (Wildman–Crippen LogP) is 3.96. The van der Waals surface area contributed by atoms with Gasteiger partial charge >= 0.3 is 6.03 Å². The van der Waals surface area contributed by atoms with Gasteiger partial charge in [0.15, 0.2) is 0 Å². The maximum atomic E-state index is 11.2. The van der Waals surface area contributed by atoms with Gasteiger partial charge in [-0.2, -0.15) is 0 Å². The first-order valence-corrected chi connectivity index (χ1v) is 9.57. The number of carbonyl (C=O) groups excluding carboxylic acids is 1. The number of hydrogen-bond donors (Lipinski definition) is 3. The maximum absolute atomic E-state index is 11.2. The molecule has 0 aliphatic heterocycles. The third-order valence-electron chi connectivity index (χ3n) is 4.94. The third kappa shape index (κ3) is 6.91. The number of amides is 2. The standard InChI is InChI=1S/C21H33N3O/c1-4-8-18(12-11-16(2)13-14-23-21(25)22-3)24-20-15-19(20)17-9-6-5-7-10-17/h5-7,9-10,18-20,24H,2,4,8,11-15H2,1,3H3,(H2,22,23,25)/t18?,19-,20+/m0/s1. The Bertz CT molecular complexity index is 543. The highest BCUT2D eigenvalue weighted by Gasteiger charge is 2.38. The number of hydrogen-bond acceptors (Lipinski definition) is 2. The van der Waals surface area contributed by atoms with Crippen molar-refractivity contribution in [2.45, 2.75) is 63.5 Å². The summed E-state index contributed by atoms with van der Waals surface area (Å²) in [6.07, 6.45) is 6.66. The molecule has 0 radical (unpaired) electrons. The van der Waals surface area contributed by atoms with Crippen molar-refractivity contribution < 1.29 is 4.79 Å². The molecule has 1 aromatic carbocycles. The third-order valence-corrected chi connectivity index (χ3v) is 4.94. The lowest BCUT2D eigenvalue weighted by Crippen LogP contribution is -2.33. The van der Waals surface area contributed by atoms with Gasteiger partial charge in [0, 0.05) is 31.6 Å². The zero-order chi connectivity index (χ0) is 18.1. The first kappa shape index (κ1) is 19.5. The summed E-state index contributed by atoms with van der Waals surface area (Å²) in [6.45, 7) is 7.07. The zero-order valence-electron chi connectivity index (χ0n) is 15.7. The summed E-state index contributed by atoms with van der Waals surface area (Å²) >= 11 is 0. The Kier molecular flexibility index (Phi) is 7.99. The molecule has 2 amide bonds. The molecule has 0 spiro atoms. The van der Waals surface area contributed by atoms with Crippen LogP contribution in [0.3, 0.4) is 0 Å². The SMILES string of the molecule is C=C(CCNC(=O)NC)CCC(CCC)N[C@@H]1C[C@H]1c1ccccc1. The van der Waals surface area contributed by atoms with Crippen molar-refractivity contribution in [1.82, 2.24) is 16.0 Å². The van der Waals surface area contributed by atoms with Crippen LogP contribution in [-0.2, 0) is 0 Å². The van der Waals surface area contributed by atoms with Crippen LogP contribution in [0.1, 0.15) is 56.9 Å². The number of urea groups is 1. The van der Waals surface area contributed by atoms with Gasteiger partial charge in [-0.1, -0.05) is 55.8 Å². The summed E-state index contributed by atoms with van der Waals surface area (Å²) in [7, 11) is 1.63. The first-order valence-electron chi connectivity index (χ1n) is 9.57. The summed E-state index contributed by atoms with van der Waals surface area (Å²) in [5.74, 6) is 0.681. The van der Waals surface area contributed by atoms with Crippen LogP contribution in [0.4, 0.5) is 4.79 Å². The van der Waals surface area contributed by atoms with E-state index in [0.29, 0.717) is 24.5 Å². The number of rotatable bonds is 11. The second-order valence-corrected chi connectivity index (χ2v) is 7.06. The van der Waals surface area contributed by atoms with E-state index in [-0.39, 0.29) is 6.03 Å². The monoisotopic (exact) mass is 343 g/mol. The van der Waals surface area contributed by atoms with Crippen molar-refractivity contribution in [2.75, 3.05) is 13.6 Å². The summed E-state index contributed by atoms with van der Waals surface area (Å²) in [5.41, 5.74) is 2.68. The molecule has 2 rings (SSSR count). The molecule has 1 aliphatic rings. The van der Waals surface area contributed by atoms with E-state index in [2.05, 4.69) is 59.8 Å². The van der Waals surface area contributed by atoms with Crippen molar-refractivity contribution in [3.05, 3.63) is 48.0 Å². The molecule has 1 fully saturated rings. The van der Waals surface area contributed by atoms with Crippen LogP contribution in [0.5, 0.6) is 0 Å². The summed E-state index contributed by atoms with van der Waals surface area (Å²) in [4.78, 5) is 11.2. The minimum atomic E-state index is -0.126. The highest BCUT2D eigenvalue weighted by Crippen LogP contribution is 2.41. The summed E-state index contributed by atoms with van der Waals surface area (Å²) < 4.78 is 0. The minimum Gasteiger partial charge on any atom is -0.341 e. The zero-order valence-corrected chi connectivity index (χ0v) is 15.7. The van der Waals surface area contributed by atoms with Gasteiger partial charge in [-0.05, 0) is 37.7 Å². The quantitative estimate of drug-likeness (QED) is 0.533. The molecule has 0 saturated heterocycles. The van der Waals surface area contributed by atoms with Gasteiger partial charge in [0.25, 0.3) is 0 Å². The minimum absolute atomic E-state index is 0.126. The lowest BCUT2D eigenvalue weighted by molar-refractivity contribution is 0.243. The molecule has 3 atom stereocenters. The fraction of sp³-hybridized carbons (Fsp3) is 0.571. The van der Waals surface area contributed by atoms with Gasteiger partial charge in [-0.25, -0.2) is 4.79 Å². The molecule has 1 aromatic rings. The smallest absolute Gasteiger partial charge is 0.314 e. The molecular formula is C21H33N3O. The lowest BCUT2D eigenvalue weighted by Gasteiger charge is -2.19. The highest BCUT2D eigenvalue weighted by molar-refractivity contribution is 5.73. The van der Waals surface area contributed by atoms with Gasteiger partial charge in [-0.3, -0.25) is 0 Å². The average molecular weight is 344 g/mol. The Morgan fingerprint density at radius 3 is 2.68 bits per heavy atom. The molecule has 1 unspecified atom stereocenters. The fourth-order valence-electron chi connectivity index (χ4n) is 3.35. The number of benzene rings is 1. The van der Waals surface area contributed by atoms with Crippen molar-refractivity contribution >= 4 is 6.03 Å². The van der Waals surface area contributed by atoms with E-state index < -0.39 is 0 Å². The molecule has 4 heteroatoms. The second-order valence-electron chi connectivity index (χ2n) is 7.06. The van der Waals surface area contributed by atoms with Crippen molar-refractivity contribution in [3.63, 3.8) is 0 Å². The molecule has 0 heterocycles. The van der Waals surface area contributed by atoms with E-state index in [1.54, 1.807) is 7.05 Å². The fourth-order valence-corrected chi connectivity index (χ4v) is 3.35. The van der Waals surface area contributed by atoms with Crippen LogP contribution in [-0.4, -0.2) is 31.7 Å². The average Bonchev–Trinajstić information content (AvgIpc) is 3.39. The van der Waals surface area contributed by atoms with Crippen LogP contribution in [0.15, 0.2) is 42.5 Å². The van der Waals surface area contributed by atoms with E-state index in [1.807, 2.05) is 0 Å². The first-order chi connectivity index (χ1) is 12.1. The van der Waals surface area contributed by atoms with E-state index in [0.717, 1.165) is 19.3 Å². The molecule has 138 valence electrons. The molecule has 3 N–H and O–H groups in total. The molecule has 1 saturated carbocycles. The lowest BCUT2D eigenvalue weighted by atomic mass is 10.0. The van der Waals surface area contributed by atoms with E-state index in [9.17, 15) is 4.79 Å². The number of carbonyl (C=O) groups is 1. The van der Waals surface area contributed by atoms with Crippen molar-refractivity contribution in [1.29, 1.82) is 0 Å². The van der Waals surface area contributed by atoms with Crippen molar-refractivity contribution in [2.24, 2.45) is 0 Å². The molecule has 0 aromatic heterocycles. The van der Waals surface area contributed by atoms with Crippen LogP contribution in [0.25, 0.3) is 0 Å². The highest BCUT2D eigenvalue weighted by atomic mass is 16.2. The molecular weight excluding hydrogens is 310 g/mol. The Labute approximate surface area is 152 Å². The van der Waals surface area contributed by atoms with Crippen LogP contribution in [0.2, 0.25) is 0 Å². The molecule has 25 heavy (non-hydrogen) atoms. The molecule has 1 aliphatic carbocycles. The Morgan fingerprint density at radius 2 is 2.00 bits per heavy atom. The normalized spacial score (nSPS) is 19.9. The molecule has 0 bridgehead atoms.